The first-order chi connectivity index (χ1) is 13.1. The van der Waals surface area contributed by atoms with Gasteiger partial charge in [0.05, 0.1) is 26.2 Å². The molecule has 1 saturated heterocycles. The van der Waals surface area contributed by atoms with E-state index in [0.29, 0.717) is 18.2 Å². The van der Waals surface area contributed by atoms with Gasteiger partial charge in [0.1, 0.15) is 18.5 Å². The highest BCUT2D eigenvalue weighted by atomic mass is 32.1. The zero-order valence-corrected chi connectivity index (χ0v) is 15.3. The van der Waals surface area contributed by atoms with Gasteiger partial charge in [-0.1, -0.05) is 18.2 Å². The second-order valence-corrected chi connectivity index (χ2v) is 7.72. The molecule has 4 rings (SSSR count). The molecule has 0 radical (unpaired) electrons. The number of thiazole rings is 1. The predicted molar refractivity (Wildman–Crippen MR) is 103 cm³/mol. The number of para-hydroxylation sites is 1. The smallest absolute Gasteiger partial charge is 0.273 e. The van der Waals surface area contributed by atoms with Crippen LogP contribution in [0.25, 0.3) is 10.2 Å². The highest BCUT2D eigenvalue weighted by Crippen LogP contribution is 2.33. The summed E-state index contributed by atoms with van der Waals surface area (Å²) in [4.78, 5) is 17.2. The van der Waals surface area contributed by atoms with Gasteiger partial charge < -0.3 is 9.84 Å². The minimum Gasteiger partial charge on any atom is -0.491 e. The van der Waals surface area contributed by atoms with Gasteiger partial charge in [-0.15, -0.1) is 11.3 Å². The van der Waals surface area contributed by atoms with Gasteiger partial charge in [-0.25, -0.2) is 4.98 Å². The Morgan fingerprint density at radius 1 is 1.30 bits per heavy atom. The van der Waals surface area contributed by atoms with Gasteiger partial charge in [-0.05, 0) is 18.2 Å². The fourth-order valence-electron chi connectivity index (χ4n) is 3.17. The van der Waals surface area contributed by atoms with Gasteiger partial charge in [-0.2, -0.15) is 0 Å². The first kappa shape index (κ1) is 17.8. The Balaban J connectivity index is 1.25. The van der Waals surface area contributed by atoms with E-state index in [1.165, 1.54) is 16.8 Å². The molecular formula is C19H19N3O4S. The normalized spacial score (nSPS) is 16.2. The van der Waals surface area contributed by atoms with E-state index in [9.17, 15) is 15.2 Å². The van der Waals surface area contributed by atoms with Crippen molar-refractivity contribution in [2.45, 2.75) is 12.0 Å². The Morgan fingerprint density at radius 2 is 2.11 bits per heavy atom. The summed E-state index contributed by atoms with van der Waals surface area (Å²) in [6, 6.07) is 14.1. The summed E-state index contributed by atoms with van der Waals surface area (Å²) in [5.74, 6) is 0.798. The molecule has 140 valence electrons. The number of non-ortho nitro benzene ring substituents is 1. The number of nitro groups is 1. The molecule has 1 unspecified atom stereocenters. The van der Waals surface area contributed by atoms with Crippen LogP contribution in [-0.4, -0.2) is 52.3 Å². The maximum Gasteiger partial charge on any atom is 0.273 e. The highest BCUT2D eigenvalue weighted by Gasteiger charge is 2.31. The zero-order valence-electron chi connectivity index (χ0n) is 14.5. The molecule has 0 saturated carbocycles. The number of hydrogen-bond donors (Lipinski definition) is 1. The second kappa shape index (κ2) is 7.59. The zero-order chi connectivity index (χ0) is 18.8. The number of β-amino-alcohol motifs (C(OH)–C–C–N with tert-alkyl or cyclic N) is 1. The van der Waals surface area contributed by atoms with Crippen molar-refractivity contribution in [3.8, 4) is 5.75 Å². The quantitative estimate of drug-likeness (QED) is 0.497. The fourth-order valence-corrected chi connectivity index (χ4v) is 4.22. The maximum absolute atomic E-state index is 10.8. The molecule has 1 atom stereocenters. The number of aliphatic hydroxyl groups excluding tert-OH is 1. The molecule has 7 nitrogen and oxygen atoms in total. The van der Waals surface area contributed by atoms with Crippen molar-refractivity contribution in [3.63, 3.8) is 0 Å². The van der Waals surface area contributed by atoms with Gasteiger partial charge in [0.25, 0.3) is 5.69 Å². The molecule has 1 aliphatic heterocycles. The number of likely N-dealkylation sites (tertiary alicyclic amines) is 1. The Bertz CT molecular complexity index is 922. The van der Waals surface area contributed by atoms with Crippen molar-refractivity contribution in [2.75, 3.05) is 26.2 Å². The predicted octanol–water partition coefficient (Wildman–Crippen LogP) is 3.04. The van der Waals surface area contributed by atoms with Gasteiger partial charge in [0.15, 0.2) is 0 Å². The van der Waals surface area contributed by atoms with Crippen LogP contribution in [0, 0.1) is 10.1 Å². The van der Waals surface area contributed by atoms with Crippen LogP contribution in [0.3, 0.4) is 0 Å². The van der Waals surface area contributed by atoms with E-state index in [-0.39, 0.29) is 12.3 Å². The lowest BCUT2D eigenvalue weighted by Crippen LogP contribution is -2.49. The molecule has 3 aromatic rings. The SMILES string of the molecule is O=[N+]([O-])c1cccc(OCC(O)CN2CC(c3nc4ccccc4s3)C2)c1. The number of fused-ring (bicyclic) bond motifs is 1. The number of hydrogen-bond acceptors (Lipinski definition) is 7. The number of nitrogens with zero attached hydrogens (tertiary/aromatic N) is 3. The molecule has 0 amide bonds. The third-order valence-electron chi connectivity index (χ3n) is 4.56. The average Bonchev–Trinajstić information content (AvgIpc) is 3.06. The Kier molecular flexibility index (Phi) is 5.02. The monoisotopic (exact) mass is 385 g/mol. The number of aromatic nitrogens is 1. The molecule has 0 aliphatic carbocycles. The molecular weight excluding hydrogens is 366 g/mol. The Morgan fingerprint density at radius 3 is 2.89 bits per heavy atom. The van der Waals surface area contributed by atoms with Crippen LogP contribution in [0.4, 0.5) is 5.69 Å². The molecule has 0 bridgehead atoms. The van der Waals surface area contributed by atoms with Crippen molar-refractivity contribution < 1.29 is 14.8 Å². The van der Waals surface area contributed by atoms with Crippen LogP contribution in [0.5, 0.6) is 5.75 Å². The standard InChI is InChI=1S/C19H19N3O4S/c23-15(12-26-16-5-3-4-14(8-16)22(24)25)11-21-9-13(10-21)19-20-17-6-1-2-7-18(17)27-19/h1-8,13,15,23H,9-12H2. The van der Waals surface area contributed by atoms with Crippen molar-refractivity contribution >= 4 is 27.2 Å². The molecule has 8 heteroatoms. The van der Waals surface area contributed by atoms with E-state index in [4.69, 9.17) is 9.72 Å². The van der Waals surface area contributed by atoms with Crippen LogP contribution in [0.1, 0.15) is 10.9 Å². The van der Waals surface area contributed by atoms with Gasteiger partial charge in [0.2, 0.25) is 0 Å². The molecule has 1 aliphatic rings. The lowest BCUT2D eigenvalue weighted by atomic mass is 10.0. The molecule has 1 N–H and O–H groups in total. The molecule has 0 spiro atoms. The van der Waals surface area contributed by atoms with Crippen molar-refractivity contribution in [3.05, 3.63) is 63.7 Å². The van der Waals surface area contributed by atoms with Crippen molar-refractivity contribution in [1.82, 2.24) is 9.88 Å². The molecule has 2 aromatic carbocycles. The Labute approximate surface area is 160 Å². The third-order valence-corrected chi connectivity index (χ3v) is 5.76. The van der Waals surface area contributed by atoms with E-state index in [0.717, 1.165) is 23.6 Å². The summed E-state index contributed by atoms with van der Waals surface area (Å²) in [6.07, 6.45) is -0.652. The lowest BCUT2D eigenvalue weighted by Gasteiger charge is -2.39. The lowest BCUT2D eigenvalue weighted by molar-refractivity contribution is -0.384. The van der Waals surface area contributed by atoms with E-state index < -0.39 is 11.0 Å². The number of rotatable bonds is 7. The van der Waals surface area contributed by atoms with Crippen LogP contribution in [0.2, 0.25) is 0 Å². The summed E-state index contributed by atoms with van der Waals surface area (Å²) in [6.45, 7) is 2.35. The molecule has 1 aromatic heterocycles. The summed E-state index contributed by atoms with van der Waals surface area (Å²) in [5.41, 5.74) is 1.02. The van der Waals surface area contributed by atoms with Crippen molar-refractivity contribution in [2.24, 2.45) is 0 Å². The largest absolute Gasteiger partial charge is 0.491 e. The second-order valence-electron chi connectivity index (χ2n) is 6.65. The summed E-state index contributed by atoms with van der Waals surface area (Å²) in [5, 5.41) is 22.1. The van der Waals surface area contributed by atoms with Crippen LogP contribution < -0.4 is 4.74 Å². The van der Waals surface area contributed by atoms with Crippen molar-refractivity contribution in [1.29, 1.82) is 0 Å². The third kappa shape index (κ3) is 4.08. The number of ether oxygens (including phenoxy) is 1. The van der Waals surface area contributed by atoms with Crippen LogP contribution in [-0.2, 0) is 0 Å². The number of aliphatic hydroxyl groups is 1. The van der Waals surface area contributed by atoms with E-state index in [2.05, 4.69) is 11.0 Å². The van der Waals surface area contributed by atoms with Crippen LogP contribution in [0.15, 0.2) is 48.5 Å². The van der Waals surface area contributed by atoms with E-state index >= 15 is 0 Å². The number of benzene rings is 2. The van der Waals surface area contributed by atoms with Gasteiger partial charge in [0, 0.05) is 31.6 Å². The van der Waals surface area contributed by atoms with Crippen LogP contribution >= 0.6 is 11.3 Å². The summed E-state index contributed by atoms with van der Waals surface area (Å²) in [7, 11) is 0. The number of nitro benzene ring substituents is 1. The van der Waals surface area contributed by atoms with Gasteiger partial charge >= 0.3 is 0 Å². The minimum absolute atomic E-state index is 0.0246. The first-order valence-electron chi connectivity index (χ1n) is 8.71. The maximum atomic E-state index is 10.8. The van der Waals surface area contributed by atoms with Gasteiger partial charge in [-0.3, -0.25) is 15.0 Å². The fraction of sp³-hybridized carbons (Fsp3) is 0.316. The Hall–Kier alpha value is -2.55. The molecule has 27 heavy (non-hydrogen) atoms. The minimum atomic E-state index is -0.652. The summed E-state index contributed by atoms with van der Waals surface area (Å²) < 4.78 is 6.69. The first-order valence-corrected chi connectivity index (χ1v) is 9.53. The van der Waals surface area contributed by atoms with E-state index in [1.54, 1.807) is 23.5 Å². The molecule has 1 fully saturated rings. The average molecular weight is 385 g/mol. The summed E-state index contributed by atoms with van der Waals surface area (Å²) >= 11 is 1.73. The van der Waals surface area contributed by atoms with E-state index in [1.807, 2.05) is 18.2 Å². The topological polar surface area (TPSA) is 88.7 Å². The highest BCUT2D eigenvalue weighted by molar-refractivity contribution is 7.18. The molecule has 2 heterocycles.